The average Bonchev–Trinajstić information content (AvgIpc) is 3.17. The Morgan fingerprint density at radius 2 is 1.79 bits per heavy atom. The van der Waals surface area contributed by atoms with E-state index < -0.39 is 0 Å². The highest BCUT2D eigenvalue weighted by molar-refractivity contribution is 6.09. The van der Waals surface area contributed by atoms with Gasteiger partial charge in [0.05, 0.1) is 18.4 Å². The quantitative estimate of drug-likeness (QED) is 0.806. The number of amides is 2. The van der Waals surface area contributed by atoms with Gasteiger partial charge in [-0.2, -0.15) is 0 Å². The van der Waals surface area contributed by atoms with Crippen LogP contribution in [-0.4, -0.2) is 49.0 Å². The van der Waals surface area contributed by atoms with E-state index in [0.717, 1.165) is 19.5 Å². The third-order valence-electron chi connectivity index (χ3n) is 5.06. The highest BCUT2D eigenvalue weighted by Gasteiger charge is 2.26. The van der Waals surface area contributed by atoms with Crippen molar-refractivity contribution in [3.63, 3.8) is 0 Å². The van der Waals surface area contributed by atoms with E-state index in [4.69, 9.17) is 4.74 Å². The number of likely N-dealkylation sites (tertiary alicyclic amines) is 1. The van der Waals surface area contributed by atoms with E-state index in [0.29, 0.717) is 28.6 Å². The van der Waals surface area contributed by atoms with Crippen LogP contribution in [0, 0.1) is 0 Å². The predicted octanol–water partition coefficient (Wildman–Crippen LogP) is 3.16. The molecule has 1 heterocycles. The molecule has 1 aliphatic rings. The summed E-state index contributed by atoms with van der Waals surface area (Å²) in [5, 5.41) is 5.95. The molecule has 1 saturated heterocycles. The molecule has 0 spiro atoms. The SMILES string of the molecule is COc1ccc(C(=O)Nc2ccccc2C(=O)NC2CCN(C(C)C)C2)cc1. The van der Waals surface area contributed by atoms with Crippen molar-refractivity contribution < 1.29 is 14.3 Å². The van der Waals surface area contributed by atoms with Crippen LogP contribution in [0.15, 0.2) is 48.5 Å². The van der Waals surface area contributed by atoms with Gasteiger partial charge in [0.15, 0.2) is 0 Å². The Bertz CT molecular complexity index is 833. The summed E-state index contributed by atoms with van der Waals surface area (Å²) >= 11 is 0. The van der Waals surface area contributed by atoms with Crippen LogP contribution in [0.1, 0.15) is 41.0 Å². The number of benzene rings is 2. The number of anilines is 1. The number of carbonyl (C=O) groups excluding carboxylic acids is 2. The van der Waals surface area contributed by atoms with Gasteiger partial charge in [-0.05, 0) is 56.7 Å². The Morgan fingerprint density at radius 3 is 2.43 bits per heavy atom. The fraction of sp³-hybridized carbons (Fsp3) is 0.364. The number of carbonyl (C=O) groups is 2. The Hall–Kier alpha value is -2.86. The molecule has 6 nitrogen and oxygen atoms in total. The van der Waals surface area contributed by atoms with Gasteiger partial charge in [0.1, 0.15) is 5.75 Å². The van der Waals surface area contributed by atoms with Crippen molar-refractivity contribution in [3.05, 3.63) is 59.7 Å². The lowest BCUT2D eigenvalue weighted by Crippen LogP contribution is -2.38. The summed E-state index contributed by atoms with van der Waals surface area (Å²) in [6, 6.07) is 14.5. The van der Waals surface area contributed by atoms with Crippen molar-refractivity contribution in [2.24, 2.45) is 0 Å². The van der Waals surface area contributed by atoms with Gasteiger partial charge in [-0.1, -0.05) is 12.1 Å². The predicted molar refractivity (Wildman–Crippen MR) is 110 cm³/mol. The lowest BCUT2D eigenvalue weighted by atomic mass is 10.1. The van der Waals surface area contributed by atoms with Gasteiger partial charge in [0.25, 0.3) is 11.8 Å². The molecule has 2 aromatic carbocycles. The normalized spacial score (nSPS) is 16.8. The van der Waals surface area contributed by atoms with Gasteiger partial charge in [-0.15, -0.1) is 0 Å². The second-order valence-electron chi connectivity index (χ2n) is 7.28. The Balaban J connectivity index is 1.68. The lowest BCUT2D eigenvalue weighted by molar-refractivity contribution is 0.0937. The standard InChI is InChI=1S/C22H27N3O3/c1-15(2)25-13-12-17(14-25)23-22(27)19-6-4-5-7-20(19)24-21(26)16-8-10-18(28-3)11-9-16/h4-11,15,17H,12-14H2,1-3H3,(H,23,27)(H,24,26). The molecule has 1 atom stereocenters. The molecule has 1 unspecified atom stereocenters. The summed E-state index contributed by atoms with van der Waals surface area (Å²) in [7, 11) is 1.58. The van der Waals surface area contributed by atoms with Crippen molar-refractivity contribution in [1.82, 2.24) is 10.2 Å². The molecule has 2 aromatic rings. The number of rotatable bonds is 6. The first-order chi connectivity index (χ1) is 13.5. The summed E-state index contributed by atoms with van der Waals surface area (Å²) < 4.78 is 5.12. The molecule has 0 saturated carbocycles. The zero-order valence-electron chi connectivity index (χ0n) is 16.6. The summed E-state index contributed by atoms with van der Waals surface area (Å²) in [4.78, 5) is 27.7. The zero-order valence-corrected chi connectivity index (χ0v) is 16.6. The molecule has 2 N–H and O–H groups in total. The van der Waals surface area contributed by atoms with Crippen molar-refractivity contribution in [1.29, 1.82) is 0 Å². The van der Waals surface area contributed by atoms with Crippen LogP contribution in [0.4, 0.5) is 5.69 Å². The monoisotopic (exact) mass is 381 g/mol. The van der Waals surface area contributed by atoms with E-state index in [-0.39, 0.29) is 17.9 Å². The van der Waals surface area contributed by atoms with Crippen molar-refractivity contribution in [3.8, 4) is 5.75 Å². The van der Waals surface area contributed by atoms with Gasteiger partial charge >= 0.3 is 0 Å². The second-order valence-corrected chi connectivity index (χ2v) is 7.28. The minimum atomic E-state index is -0.269. The summed E-state index contributed by atoms with van der Waals surface area (Å²) in [5.41, 5.74) is 1.46. The lowest BCUT2D eigenvalue weighted by Gasteiger charge is -2.20. The molecule has 0 radical (unpaired) electrons. The Labute approximate surface area is 165 Å². The molecule has 0 aliphatic carbocycles. The van der Waals surface area contributed by atoms with E-state index in [9.17, 15) is 9.59 Å². The maximum Gasteiger partial charge on any atom is 0.255 e. The third kappa shape index (κ3) is 4.70. The number of nitrogens with zero attached hydrogens (tertiary/aromatic N) is 1. The number of hydrogen-bond acceptors (Lipinski definition) is 4. The molecular formula is C22H27N3O3. The summed E-state index contributed by atoms with van der Waals surface area (Å²) in [5.74, 6) is 0.249. The van der Waals surface area contributed by atoms with Crippen LogP contribution in [0.2, 0.25) is 0 Å². The topological polar surface area (TPSA) is 70.7 Å². The minimum Gasteiger partial charge on any atom is -0.497 e. The number of methoxy groups -OCH3 is 1. The first-order valence-corrected chi connectivity index (χ1v) is 9.57. The van der Waals surface area contributed by atoms with Crippen molar-refractivity contribution >= 4 is 17.5 Å². The van der Waals surface area contributed by atoms with Crippen LogP contribution < -0.4 is 15.4 Å². The smallest absolute Gasteiger partial charge is 0.255 e. The maximum atomic E-state index is 12.8. The molecule has 148 valence electrons. The van der Waals surface area contributed by atoms with Gasteiger partial charge in [0, 0.05) is 30.7 Å². The molecule has 28 heavy (non-hydrogen) atoms. The van der Waals surface area contributed by atoms with E-state index in [1.165, 1.54) is 0 Å². The van der Waals surface area contributed by atoms with Crippen molar-refractivity contribution in [2.75, 3.05) is 25.5 Å². The highest BCUT2D eigenvalue weighted by Crippen LogP contribution is 2.19. The van der Waals surface area contributed by atoms with E-state index in [2.05, 4.69) is 29.4 Å². The van der Waals surface area contributed by atoms with Gasteiger partial charge < -0.3 is 15.4 Å². The molecule has 6 heteroatoms. The van der Waals surface area contributed by atoms with Crippen molar-refractivity contribution in [2.45, 2.75) is 32.4 Å². The average molecular weight is 381 g/mol. The van der Waals surface area contributed by atoms with Crippen LogP contribution in [-0.2, 0) is 0 Å². The fourth-order valence-corrected chi connectivity index (χ4v) is 3.36. The van der Waals surface area contributed by atoms with Crippen LogP contribution in [0.3, 0.4) is 0 Å². The summed E-state index contributed by atoms with van der Waals surface area (Å²) in [6.45, 7) is 6.16. The first-order valence-electron chi connectivity index (χ1n) is 9.57. The van der Waals surface area contributed by atoms with Crippen LogP contribution in [0.25, 0.3) is 0 Å². The highest BCUT2D eigenvalue weighted by atomic mass is 16.5. The summed E-state index contributed by atoms with van der Waals surface area (Å²) in [6.07, 6.45) is 0.935. The number of hydrogen-bond donors (Lipinski definition) is 2. The molecule has 0 aromatic heterocycles. The first kappa shape index (κ1) is 19.9. The van der Waals surface area contributed by atoms with Gasteiger partial charge in [-0.3, -0.25) is 14.5 Å². The number of para-hydroxylation sites is 1. The molecule has 0 bridgehead atoms. The molecular weight excluding hydrogens is 354 g/mol. The molecule has 1 aliphatic heterocycles. The fourth-order valence-electron chi connectivity index (χ4n) is 3.36. The number of nitrogens with one attached hydrogen (secondary N) is 2. The largest absolute Gasteiger partial charge is 0.497 e. The molecule has 3 rings (SSSR count). The second kappa shape index (κ2) is 8.89. The molecule has 1 fully saturated rings. The number of ether oxygens (including phenoxy) is 1. The third-order valence-corrected chi connectivity index (χ3v) is 5.06. The Kier molecular flexibility index (Phi) is 6.31. The van der Waals surface area contributed by atoms with Crippen LogP contribution >= 0.6 is 0 Å². The maximum absolute atomic E-state index is 12.8. The zero-order chi connectivity index (χ0) is 20.1. The Morgan fingerprint density at radius 1 is 1.07 bits per heavy atom. The van der Waals surface area contributed by atoms with E-state index in [1.807, 2.05) is 0 Å². The van der Waals surface area contributed by atoms with E-state index >= 15 is 0 Å². The van der Waals surface area contributed by atoms with Gasteiger partial charge in [-0.25, -0.2) is 0 Å². The van der Waals surface area contributed by atoms with Crippen LogP contribution in [0.5, 0.6) is 5.75 Å². The van der Waals surface area contributed by atoms with E-state index in [1.54, 1.807) is 55.6 Å². The minimum absolute atomic E-state index is 0.125. The molecule has 2 amide bonds. The van der Waals surface area contributed by atoms with Gasteiger partial charge in [0.2, 0.25) is 0 Å².